The minimum Gasteiger partial charge on any atom is -0.462 e. The zero-order valence-electron chi connectivity index (χ0n) is 58.8. The number of hydrogen-bond acceptors (Lipinski definition) is 15. The Morgan fingerprint density at radius 2 is 0.533 bits per heavy atom. The lowest BCUT2D eigenvalue weighted by molar-refractivity contribution is -0.161. The first-order chi connectivity index (χ1) is 43.2. The molecule has 0 aromatic heterocycles. The van der Waals surface area contributed by atoms with Gasteiger partial charge in [-0.3, -0.25) is 37.3 Å². The molecule has 19 heteroatoms. The Kier molecular flexibility index (Phi) is 59.4. The van der Waals surface area contributed by atoms with E-state index in [0.29, 0.717) is 31.6 Å². The normalized spacial score (nSPS) is 14.9. The van der Waals surface area contributed by atoms with Gasteiger partial charge in [0, 0.05) is 25.7 Å². The first kappa shape index (κ1) is 88.1. The monoisotopic (exact) mass is 1320 g/mol. The third-order valence-electron chi connectivity index (χ3n) is 17.0. The van der Waals surface area contributed by atoms with Crippen molar-refractivity contribution in [1.29, 1.82) is 0 Å². The molecule has 0 aliphatic rings. The van der Waals surface area contributed by atoms with Crippen LogP contribution in [-0.4, -0.2) is 96.7 Å². The number of phosphoric ester groups is 2. The van der Waals surface area contributed by atoms with Crippen LogP contribution in [0, 0.1) is 23.7 Å². The van der Waals surface area contributed by atoms with Crippen LogP contribution in [0.5, 0.6) is 0 Å². The predicted octanol–water partition coefficient (Wildman–Crippen LogP) is 20.1. The van der Waals surface area contributed by atoms with E-state index < -0.39 is 97.5 Å². The van der Waals surface area contributed by atoms with E-state index >= 15 is 0 Å². The van der Waals surface area contributed by atoms with Crippen molar-refractivity contribution < 1.29 is 80.2 Å². The Morgan fingerprint density at radius 1 is 0.311 bits per heavy atom. The van der Waals surface area contributed by atoms with Gasteiger partial charge in [0.25, 0.3) is 0 Å². The van der Waals surface area contributed by atoms with Crippen molar-refractivity contribution in [3.63, 3.8) is 0 Å². The van der Waals surface area contributed by atoms with Crippen LogP contribution in [0.15, 0.2) is 0 Å². The van der Waals surface area contributed by atoms with E-state index in [1.54, 1.807) is 0 Å². The van der Waals surface area contributed by atoms with E-state index in [2.05, 4.69) is 55.4 Å². The molecule has 0 radical (unpaired) electrons. The molecule has 0 saturated heterocycles. The van der Waals surface area contributed by atoms with Crippen LogP contribution < -0.4 is 0 Å². The van der Waals surface area contributed by atoms with E-state index in [1.807, 2.05) is 0 Å². The molecular weight excluding hydrogens is 1190 g/mol. The number of ether oxygens (including phenoxy) is 4. The predicted molar refractivity (Wildman–Crippen MR) is 363 cm³/mol. The molecule has 0 aliphatic carbocycles. The maximum atomic E-state index is 13.0. The molecule has 0 aromatic carbocycles. The van der Waals surface area contributed by atoms with Crippen molar-refractivity contribution in [1.82, 2.24) is 0 Å². The van der Waals surface area contributed by atoms with E-state index in [9.17, 15) is 43.2 Å². The van der Waals surface area contributed by atoms with Gasteiger partial charge >= 0.3 is 39.5 Å². The van der Waals surface area contributed by atoms with Gasteiger partial charge in [-0.25, -0.2) is 9.13 Å². The molecule has 0 heterocycles. The molecular formula is C71H138O17P2. The highest BCUT2D eigenvalue weighted by atomic mass is 31.2. The summed E-state index contributed by atoms with van der Waals surface area (Å²) in [5, 5.41) is 10.6. The van der Waals surface area contributed by atoms with Crippen LogP contribution in [0.3, 0.4) is 0 Å². The third kappa shape index (κ3) is 62.2. The second-order valence-corrected chi connectivity index (χ2v) is 30.0. The number of phosphoric acid groups is 2. The SMILES string of the molecule is CCC(C)CCCCCCCCCCCCC(=O)O[C@H](COC(=O)CCCCCCCCC(C)C)COP(=O)(O)OC[C@@H](O)COP(=O)(O)OC[C@@H](COC(=O)CCCCCCCCC(C)CC)OC(=O)CCCCCCCCCCCCCCCCC(C)C. The Bertz CT molecular complexity index is 1790. The second-order valence-electron chi connectivity index (χ2n) is 27.1. The Labute approximate surface area is 549 Å². The number of aliphatic hydroxyl groups is 1. The molecule has 0 rings (SSSR count). The summed E-state index contributed by atoms with van der Waals surface area (Å²) in [7, 11) is -9.90. The highest BCUT2D eigenvalue weighted by Gasteiger charge is 2.30. The fourth-order valence-electron chi connectivity index (χ4n) is 10.6. The van der Waals surface area contributed by atoms with Crippen molar-refractivity contribution in [2.75, 3.05) is 39.6 Å². The maximum absolute atomic E-state index is 13.0. The second kappa shape index (κ2) is 60.7. The quantitative estimate of drug-likeness (QED) is 0.0222. The largest absolute Gasteiger partial charge is 0.472 e. The summed E-state index contributed by atoms with van der Waals surface area (Å²) in [5.41, 5.74) is 0. The van der Waals surface area contributed by atoms with Crippen LogP contribution in [0.2, 0.25) is 0 Å². The Balaban J connectivity index is 5.23. The van der Waals surface area contributed by atoms with Crippen LogP contribution in [0.25, 0.3) is 0 Å². The van der Waals surface area contributed by atoms with Gasteiger partial charge in [0.1, 0.15) is 19.3 Å². The average molecular weight is 1330 g/mol. The van der Waals surface area contributed by atoms with E-state index in [-0.39, 0.29) is 25.7 Å². The lowest BCUT2D eigenvalue weighted by Crippen LogP contribution is -2.30. The lowest BCUT2D eigenvalue weighted by atomic mass is 9.99. The highest BCUT2D eigenvalue weighted by molar-refractivity contribution is 7.47. The van der Waals surface area contributed by atoms with Gasteiger partial charge in [0.15, 0.2) is 12.2 Å². The summed E-state index contributed by atoms with van der Waals surface area (Å²) in [6.45, 7) is 14.1. The van der Waals surface area contributed by atoms with Crippen LogP contribution in [0.1, 0.15) is 351 Å². The third-order valence-corrected chi connectivity index (χ3v) is 18.9. The minimum atomic E-state index is -4.95. The minimum absolute atomic E-state index is 0.105. The first-order valence-corrected chi connectivity index (χ1v) is 39.8. The van der Waals surface area contributed by atoms with Gasteiger partial charge in [0.2, 0.25) is 0 Å². The number of carbonyl (C=O) groups is 4. The fourth-order valence-corrected chi connectivity index (χ4v) is 12.2. The number of aliphatic hydroxyl groups excluding tert-OH is 1. The van der Waals surface area contributed by atoms with Gasteiger partial charge in [-0.05, 0) is 49.4 Å². The van der Waals surface area contributed by atoms with Gasteiger partial charge in [-0.15, -0.1) is 0 Å². The van der Waals surface area contributed by atoms with Gasteiger partial charge in [-0.2, -0.15) is 0 Å². The Morgan fingerprint density at radius 3 is 0.789 bits per heavy atom. The summed E-state index contributed by atoms with van der Waals surface area (Å²) < 4.78 is 68.3. The molecule has 0 saturated carbocycles. The fraction of sp³-hybridized carbons (Fsp3) is 0.944. The van der Waals surface area contributed by atoms with E-state index in [0.717, 1.165) is 120 Å². The summed E-state index contributed by atoms with van der Waals surface area (Å²) >= 11 is 0. The molecule has 0 aliphatic heterocycles. The molecule has 534 valence electrons. The van der Waals surface area contributed by atoms with Crippen LogP contribution >= 0.6 is 15.6 Å². The maximum Gasteiger partial charge on any atom is 0.472 e. The van der Waals surface area contributed by atoms with Crippen molar-refractivity contribution in [3.8, 4) is 0 Å². The topological polar surface area (TPSA) is 237 Å². The number of rotatable bonds is 68. The molecule has 4 unspecified atom stereocenters. The van der Waals surface area contributed by atoms with Crippen molar-refractivity contribution in [2.45, 2.75) is 369 Å². The van der Waals surface area contributed by atoms with Crippen LogP contribution in [-0.2, 0) is 65.4 Å². The summed E-state index contributed by atoms with van der Waals surface area (Å²) in [4.78, 5) is 72.5. The summed E-state index contributed by atoms with van der Waals surface area (Å²) in [6, 6.07) is 0. The molecule has 17 nitrogen and oxygen atoms in total. The molecule has 0 bridgehead atoms. The van der Waals surface area contributed by atoms with E-state index in [4.69, 9.17) is 37.0 Å². The van der Waals surface area contributed by atoms with Crippen molar-refractivity contribution in [3.05, 3.63) is 0 Å². The smallest absolute Gasteiger partial charge is 0.462 e. The zero-order valence-corrected chi connectivity index (χ0v) is 60.6. The number of hydrogen-bond donors (Lipinski definition) is 3. The Hall–Kier alpha value is -1.94. The number of esters is 4. The van der Waals surface area contributed by atoms with Gasteiger partial charge < -0.3 is 33.8 Å². The molecule has 3 N–H and O–H groups in total. The molecule has 0 fully saturated rings. The molecule has 7 atom stereocenters. The average Bonchev–Trinajstić information content (AvgIpc) is 3.72. The first-order valence-electron chi connectivity index (χ1n) is 36.8. The summed E-state index contributed by atoms with van der Waals surface area (Å²) in [6.07, 6.45) is 43.2. The zero-order chi connectivity index (χ0) is 66.8. The standard InChI is InChI=1S/C71H138O17P2/c1-9-63(7)49-41-33-24-20-17-18-22-26-38-46-54-71(76)87-66(57-81-68(73)51-43-35-29-27-32-40-48-62(5)6)59-85-89(77,78)83-55-65(72)56-84-90(79,80)86-60-67(58-82-69(74)52-44-36-30-28-34-42-50-64(8)10-2)88-70(75)53-45-37-25-21-16-14-12-11-13-15-19-23-31-39-47-61(3)4/h61-67,72H,9-60H2,1-8H3,(H,77,78)(H,79,80)/t63?,64?,65-,66-,67-/m1/s1. The number of carbonyl (C=O) groups excluding carboxylic acids is 4. The molecule has 90 heavy (non-hydrogen) atoms. The molecule has 0 spiro atoms. The van der Waals surface area contributed by atoms with Crippen molar-refractivity contribution >= 4 is 39.5 Å². The van der Waals surface area contributed by atoms with Crippen molar-refractivity contribution in [2.24, 2.45) is 23.7 Å². The van der Waals surface area contributed by atoms with Crippen LogP contribution in [0.4, 0.5) is 0 Å². The van der Waals surface area contributed by atoms with Gasteiger partial charge in [0.05, 0.1) is 26.4 Å². The summed E-state index contributed by atoms with van der Waals surface area (Å²) in [5.74, 6) is 0.878. The van der Waals surface area contributed by atoms with E-state index in [1.165, 1.54) is 141 Å². The number of unbranched alkanes of at least 4 members (excludes halogenated alkanes) is 32. The highest BCUT2D eigenvalue weighted by Crippen LogP contribution is 2.45. The molecule has 0 amide bonds. The lowest BCUT2D eigenvalue weighted by Gasteiger charge is -2.21. The van der Waals surface area contributed by atoms with Gasteiger partial charge in [-0.1, -0.05) is 299 Å². The molecule has 0 aromatic rings.